The van der Waals surface area contributed by atoms with E-state index < -0.39 is 11.7 Å². The summed E-state index contributed by atoms with van der Waals surface area (Å²) in [6, 6.07) is 5.18. The van der Waals surface area contributed by atoms with Gasteiger partial charge in [-0.3, -0.25) is 10.00 Å². The largest absolute Gasteiger partial charge is 0.416 e. The van der Waals surface area contributed by atoms with Crippen LogP contribution in [-0.2, 0) is 38.5 Å². The first-order chi connectivity index (χ1) is 14.4. The van der Waals surface area contributed by atoms with Crippen LogP contribution in [0.2, 0.25) is 0 Å². The molecule has 3 aromatic rings. The Balaban J connectivity index is 1.37. The molecule has 0 unspecified atom stereocenters. The summed E-state index contributed by atoms with van der Waals surface area (Å²) in [5.41, 5.74) is 3.44. The molecule has 9 heteroatoms. The molecule has 2 aromatic heterocycles. The summed E-state index contributed by atoms with van der Waals surface area (Å²) < 4.78 is 43.9. The summed E-state index contributed by atoms with van der Waals surface area (Å²) in [5.74, 6) is 0.799. The Bertz CT molecular complexity index is 995. The van der Waals surface area contributed by atoms with E-state index in [1.807, 2.05) is 11.9 Å². The minimum Gasteiger partial charge on any atom is -0.338 e. The van der Waals surface area contributed by atoms with Gasteiger partial charge in [0, 0.05) is 18.7 Å². The maximum Gasteiger partial charge on any atom is 0.416 e. The molecule has 1 aliphatic carbocycles. The topological polar surface area (TPSA) is 70.8 Å². The first-order valence-corrected chi connectivity index (χ1v) is 10.1. The van der Waals surface area contributed by atoms with Gasteiger partial charge in [-0.25, -0.2) is 0 Å². The van der Waals surface area contributed by atoms with Crippen molar-refractivity contribution in [3.8, 4) is 0 Å². The standard InChI is InChI=1S/C21H24F3N5O/c1-29(12-18-16-8-3-2-4-9-17(16)26-27-18)13-20-25-19(28-30-20)11-14-6-5-7-15(10-14)21(22,23)24/h5-7,10H,2-4,8-9,11-13H2,1H3,(H,26,27). The number of nitrogens with zero attached hydrogens (tertiary/aromatic N) is 4. The molecular formula is C21H24F3N5O. The van der Waals surface area contributed by atoms with Gasteiger partial charge in [0.15, 0.2) is 5.82 Å². The maximum atomic E-state index is 12.9. The van der Waals surface area contributed by atoms with Crippen LogP contribution in [0.4, 0.5) is 13.2 Å². The highest BCUT2D eigenvalue weighted by molar-refractivity contribution is 5.28. The van der Waals surface area contributed by atoms with Crippen molar-refractivity contribution in [2.75, 3.05) is 7.05 Å². The Morgan fingerprint density at radius 1 is 1.13 bits per heavy atom. The lowest BCUT2D eigenvalue weighted by Crippen LogP contribution is -2.18. The van der Waals surface area contributed by atoms with Gasteiger partial charge in [0.05, 0.1) is 17.8 Å². The summed E-state index contributed by atoms with van der Waals surface area (Å²) in [7, 11) is 1.95. The number of aromatic amines is 1. The minimum atomic E-state index is -4.37. The Kier molecular flexibility index (Phi) is 5.90. The van der Waals surface area contributed by atoms with Gasteiger partial charge < -0.3 is 4.52 Å². The Morgan fingerprint density at radius 2 is 1.97 bits per heavy atom. The summed E-state index contributed by atoms with van der Waals surface area (Å²) in [4.78, 5) is 6.38. The van der Waals surface area contributed by atoms with Crippen LogP contribution in [0.3, 0.4) is 0 Å². The number of alkyl halides is 3. The highest BCUT2D eigenvalue weighted by Gasteiger charge is 2.30. The number of hydrogen-bond acceptors (Lipinski definition) is 5. The number of nitrogens with one attached hydrogen (secondary N) is 1. The van der Waals surface area contributed by atoms with Crippen molar-refractivity contribution in [3.63, 3.8) is 0 Å². The number of benzene rings is 1. The van der Waals surface area contributed by atoms with Crippen LogP contribution in [0.5, 0.6) is 0 Å². The van der Waals surface area contributed by atoms with Crippen molar-refractivity contribution < 1.29 is 17.7 Å². The quantitative estimate of drug-likeness (QED) is 0.603. The van der Waals surface area contributed by atoms with Gasteiger partial charge in [-0.05, 0) is 49.9 Å². The molecule has 0 bridgehead atoms. The van der Waals surface area contributed by atoms with Crippen molar-refractivity contribution >= 4 is 0 Å². The van der Waals surface area contributed by atoms with Crippen LogP contribution in [0.15, 0.2) is 28.8 Å². The van der Waals surface area contributed by atoms with E-state index in [1.54, 1.807) is 6.07 Å². The second-order valence-electron chi connectivity index (χ2n) is 7.84. The second-order valence-corrected chi connectivity index (χ2v) is 7.84. The molecule has 1 aromatic carbocycles. The van der Waals surface area contributed by atoms with Gasteiger partial charge >= 0.3 is 6.18 Å². The third-order valence-electron chi connectivity index (χ3n) is 5.34. The van der Waals surface area contributed by atoms with E-state index in [1.165, 1.54) is 36.6 Å². The average Bonchev–Trinajstić information content (AvgIpc) is 3.20. The van der Waals surface area contributed by atoms with Crippen LogP contribution in [0, 0.1) is 0 Å². The zero-order valence-electron chi connectivity index (χ0n) is 16.8. The summed E-state index contributed by atoms with van der Waals surface area (Å²) in [6.07, 6.45) is 1.54. The van der Waals surface area contributed by atoms with Gasteiger partial charge in [-0.1, -0.05) is 29.8 Å². The van der Waals surface area contributed by atoms with Crippen LogP contribution >= 0.6 is 0 Å². The molecule has 1 N–H and O–H groups in total. The van der Waals surface area contributed by atoms with E-state index >= 15 is 0 Å². The Morgan fingerprint density at radius 3 is 2.80 bits per heavy atom. The lowest BCUT2D eigenvalue weighted by Gasteiger charge is -2.13. The van der Waals surface area contributed by atoms with Crippen molar-refractivity contribution in [2.24, 2.45) is 0 Å². The third-order valence-corrected chi connectivity index (χ3v) is 5.34. The van der Waals surface area contributed by atoms with E-state index in [2.05, 4.69) is 20.3 Å². The summed E-state index contributed by atoms with van der Waals surface area (Å²) in [5, 5.41) is 11.6. The van der Waals surface area contributed by atoms with Crippen molar-refractivity contribution in [3.05, 3.63) is 64.1 Å². The van der Waals surface area contributed by atoms with Gasteiger partial charge in [-0.15, -0.1) is 0 Å². The highest BCUT2D eigenvalue weighted by Crippen LogP contribution is 2.30. The lowest BCUT2D eigenvalue weighted by molar-refractivity contribution is -0.137. The monoisotopic (exact) mass is 419 g/mol. The molecule has 160 valence electrons. The number of hydrogen-bond donors (Lipinski definition) is 1. The maximum absolute atomic E-state index is 12.9. The number of halogens is 3. The number of fused-ring (bicyclic) bond motifs is 1. The van der Waals surface area contributed by atoms with Crippen molar-refractivity contribution in [2.45, 2.75) is 57.8 Å². The molecule has 0 radical (unpaired) electrons. The van der Waals surface area contributed by atoms with Crippen LogP contribution in [0.1, 0.15) is 59.1 Å². The molecule has 0 spiro atoms. The van der Waals surface area contributed by atoms with E-state index in [-0.39, 0.29) is 6.42 Å². The van der Waals surface area contributed by atoms with Gasteiger partial charge in [0.1, 0.15) is 0 Å². The number of rotatable bonds is 6. The molecule has 0 amide bonds. The molecule has 0 fully saturated rings. The Labute approximate surface area is 172 Å². The molecule has 2 heterocycles. The summed E-state index contributed by atoms with van der Waals surface area (Å²) >= 11 is 0. The normalized spacial score (nSPS) is 14.7. The molecule has 0 atom stereocenters. The molecular weight excluding hydrogens is 395 g/mol. The fourth-order valence-corrected chi connectivity index (χ4v) is 3.87. The zero-order chi connectivity index (χ0) is 21.1. The minimum absolute atomic E-state index is 0.185. The van der Waals surface area contributed by atoms with Crippen LogP contribution in [-0.4, -0.2) is 32.3 Å². The van der Waals surface area contributed by atoms with E-state index in [4.69, 9.17) is 4.52 Å². The van der Waals surface area contributed by atoms with E-state index in [0.717, 1.165) is 30.7 Å². The summed E-state index contributed by atoms with van der Waals surface area (Å²) in [6.45, 7) is 1.11. The number of H-pyrrole nitrogens is 1. The lowest BCUT2D eigenvalue weighted by atomic mass is 10.1. The smallest absolute Gasteiger partial charge is 0.338 e. The first-order valence-electron chi connectivity index (χ1n) is 10.1. The van der Waals surface area contributed by atoms with Crippen molar-refractivity contribution in [1.29, 1.82) is 0 Å². The number of aryl methyl sites for hydroxylation is 1. The molecule has 4 rings (SSSR count). The van der Waals surface area contributed by atoms with Crippen LogP contribution in [0.25, 0.3) is 0 Å². The third kappa shape index (κ3) is 4.89. The molecule has 6 nitrogen and oxygen atoms in total. The van der Waals surface area contributed by atoms with E-state index in [0.29, 0.717) is 30.4 Å². The van der Waals surface area contributed by atoms with Crippen LogP contribution < -0.4 is 0 Å². The Hall–Kier alpha value is -2.68. The first kappa shape index (κ1) is 20.6. The van der Waals surface area contributed by atoms with Gasteiger partial charge in [0.2, 0.25) is 5.89 Å². The predicted molar refractivity (Wildman–Crippen MR) is 104 cm³/mol. The molecule has 1 aliphatic rings. The number of aromatic nitrogens is 4. The highest BCUT2D eigenvalue weighted by atomic mass is 19.4. The molecule has 0 saturated carbocycles. The van der Waals surface area contributed by atoms with Crippen molar-refractivity contribution in [1.82, 2.24) is 25.2 Å². The second kappa shape index (κ2) is 8.59. The fraction of sp³-hybridized carbons (Fsp3) is 0.476. The molecule has 30 heavy (non-hydrogen) atoms. The molecule has 0 saturated heterocycles. The van der Waals surface area contributed by atoms with E-state index in [9.17, 15) is 13.2 Å². The fourth-order valence-electron chi connectivity index (χ4n) is 3.87. The average molecular weight is 419 g/mol. The predicted octanol–water partition coefficient (Wildman–Crippen LogP) is 4.30. The van der Waals surface area contributed by atoms with Gasteiger partial charge in [-0.2, -0.15) is 23.3 Å². The SMILES string of the molecule is CN(Cc1nc(Cc2cccc(C(F)(F)F)c2)no1)Cc1n[nH]c2c1CCCCC2. The molecule has 0 aliphatic heterocycles. The zero-order valence-corrected chi connectivity index (χ0v) is 16.8. The van der Waals surface area contributed by atoms with Gasteiger partial charge in [0.25, 0.3) is 0 Å².